The molecule has 0 aliphatic carbocycles. The van der Waals surface area contributed by atoms with Gasteiger partial charge in [0.25, 0.3) is 0 Å². The van der Waals surface area contributed by atoms with Gasteiger partial charge in [0.2, 0.25) is 0 Å². The Hall–Kier alpha value is -0.580. The summed E-state index contributed by atoms with van der Waals surface area (Å²) in [5, 5.41) is 3.65. The van der Waals surface area contributed by atoms with Crippen LogP contribution in [-0.4, -0.2) is 42.9 Å². The SMILES string of the molecule is Fc1ccccc1SCCN1CCCC(C2CCCN2)C1. The van der Waals surface area contributed by atoms with E-state index in [1.54, 1.807) is 23.9 Å². The van der Waals surface area contributed by atoms with E-state index < -0.39 is 0 Å². The fourth-order valence-electron chi connectivity index (χ4n) is 3.58. The lowest BCUT2D eigenvalue weighted by Crippen LogP contribution is -2.44. The fraction of sp³-hybridized carbons (Fsp3) is 0.647. The van der Waals surface area contributed by atoms with Gasteiger partial charge in [-0.05, 0) is 56.8 Å². The topological polar surface area (TPSA) is 15.3 Å². The second kappa shape index (κ2) is 7.61. The lowest BCUT2D eigenvalue weighted by atomic mass is 9.90. The highest BCUT2D eigenvalue weighted by molar-refractivity contribution is 7.99. The van der Waals surface area contributed by atoms with Crippen molar-refractivity contribution in [3.63, 3.8) is 0 Å². The maximum absolute atomic E-state index is 13.6. The number of likely N-dealkylation sites (tertiary alicyclic amines) is 1. The minimum Gasteiger partial charge on any atom is -0.314 e. The highest BCUT2D eigenvalue weighted by Gasteiger charge is 2.28. The zero-order valence-electron chi connectivity index (χ0n) is 12.6. The summed E-state index contributed by atoms with van der Waals surface area (Å²) in [5.74, 6) is 1.71. The van der Waals surface area contributed by atoms with E-state index in [4.69, 9.17) is 0 Å². The van der Waals surface area contributed by atoms with Gasteiger partial charge in [0.15, 0.2) is 0 Å². The summed E-state index contributed by atoms with van der Waals surface area (Å²) in [4.78, 5) is 3.35. The van der Waals surface area contributed by atoms with E-state index >= 15 is 0 Å². The Kier molecular flexibility index (Phi) is 5.55. The third-order valence-corrected chi connectivity index (χ3v) is 5.74. The molecule has 0 saturated carbocycles. The summed E-state index contributed by atoms with van der Waals surface area (Å²) in [6.45, 7) is 4.70. The highest BCUT2D eigenvalue weighted by Crippen LogP contribution is 2.26. The zero-order valence-corrected chi connectivity index (χ0v) is 13.4. The van der Waals surface area contributed by atoms with Crippen molar-refractivity contribution in [3.8, 4) is 0 Å². The average molecular weight is 308 g/mol. The standard InChI is InChI=1S/C17H25FN2S/c18-15-6-1-2-8-17(15)21-12-11-20-10-4-5-14(13-20)16-7-3-9-19-16/h1-2,6,8,14,16,19H,3-5,7,9-13H2. The number of piperidine rings is 1. The van der Waals surface area contributed by atoms with Crippen molar-refractivity contribution in [2.75, 3.05) is 31.9 Å². The Morgan fingerprint density at radius 3 is 2.95 bits per heavy atom. The molecule has 2 heterocycles. The van der Waals surface area contributed by atoms with E-state index in [0.29, 0.717) is 0 Å². The van der Waals surface area contributed by atoms with Gasteiger partial charge >= 0.3 is 0 Å². The summed E-state index contributed by atoms with van der Waals surface area (Å²) in [6, 6.07) is 7.83. The molecule has 0 amide bonds. The van der Waals surface area contributed by atoms with Crippen LogP contribution >= 0.6 is 11.8 Å². The molecule has 2 unspecified atom stereocenters. The summed E-state index contributed by atoms with van der Waals surface area (Å²) >= 11 is 1.64. The van der Waals surface area contributed by atoms with Crippen LogP contribution < -0.4 is 5.32 Å². The maximum Gasteiger partial charge on any atom is 0.136 e. The van der Waals surface area contributed by atoms with E-state index in [9.17, 15) is 4.39 Å². The minimum atomic E-state index is -0.0887. The monoisotopic (exact) mass is 308 g/mol. The van der Waals surface area contributed by atoms with Gasteiger partial charge in [-0.1, -0.05) is 12.1 Å². The van der Waals surface area contributed by atoms with E-state index in [1.807, 2.05) is 12.1 Å². The lowest BCUT2D eigenvalue weighted by molar-refractivity contribution is 0.159. The molecule has 3 rings (SSSR count). The van der Waals surface area contributed by atoms with Crippen molar-refractivity contribution in [2.24, 2.45) is 5.92 Å². The Labute approximate surface area is 131 Å². The number of rotatable bonds is 5. The molecule has 0 spiro atoms. The molecule has 116 valence electrons. The number of hydrogen-bond acceptors (Lipinski definition) is 3. The van der Waals surface area contributed by atoms with Crippen LogP contribution in [0, 0.1) is 11.7 Å². The predicted octanol–water partition coefficient (Wildman–Crippen LogP) is 3.38. The number of halogens is 1. The largest absolute Gasteiger partial charge is 0.314 e. The van der Waals surface area contributed by atoms with E-state index in [-0.39, 0.29) is 5.82 Å². The smallest absolute Gasteiger partial charge is 0.136 e. The van der Waals surface area contributed by atoms with Crippen molar-refractivity contribution in [1.82, 2.24) is 10.2 Å². The maximum atomic E-state index is 13.6. The first kappa shape index (κ1) is 15.3. The minimum absolute atomic E-state index is 0.0887. The molecule has 2 nitrogen and oxygen atoms in total. The summed E-state index contributed by atoms with van der Waals surface area (Å²) < 4.78 is 13.6. The number of hydrogen-bond donors (Lipinski definition) is 1. The van der Waals surface area contributed by atoms with Crippen LogP contribution in [0.1, 0.15) is 25.7 Å². The summed E-state index contributed by atoms with van der Waals surface area (Å²) in [6.07, 6.45) is 5.37. The molecular formula is C17H25FN2S. The third-order valence-electron chi connectivity index (χ3n) is 4.71. The van der Waals surface area contributed by atoms with Gasteiger partial charge in [-0.25, -0.2) is 4.39 Å². The molecule has 0 bridgehead atoms. The normalized spacial score (nSPS) is 27.1. The molecule has 1 aromatic rings. The molecule has 4 heteroatoms. The molecule has 1 aromatic carbocycles. The molecule has 2 atom stereocenters. The number of nitrogens with one attached hydrogen (secondary N) is 1. The van der Waals surface area contributed by atoms with Crippen molar-refractivity contribution in [3.05, 3.63) is 30.1 Å². The van der Waals surface area contributed by atoms with Gasteiger partial charge in [0.1, 0.15) is 5.82 Å². The van der Waals surface area contributed by atoms with Crippen LogP contribution in [0.3, 0.4) is 0 Å². The molecule has 0 aromatic heterocycles. The summed E-state index contributed by atoms with van der Waals surface area (Å²) in [7, 11) is 0. The first-order valence-corrected chi connectivity index (χ1v) is 9.14. The van der Waals surface area contributed by atoms with Gasteiger partial charge < -0.3 is 10.2 Å². The molecule has 0 radical (unpaired) electrons. The van der Waals surface area contributed by atoms with Crippen LogP contribution in [0.5, 0.6) is 0 Å². The van der Waals surface area contributed by atoms with Gasteiger partial charge in [-0.2, -0.15) is 0 Å². The Morgan fingerprint density at radius 1 is 1.24 bits per heavy atom. The van der Waals surface area contributed by atoms with Crippen LogP contribution in [0.2, 0.25) is 0 Å². The van der Waals surface area contributed by atoms with Crippen molar-refractivity contribution in [2.45, 2.75) is 36.6 Å². The molecular weight excluding hydrogens is 283 g/mol. The van der Waals surface area contributed by atoms with Gasteiger partial charge in [-0.3, -0.25) is 0 Å². The van der Waals surface area contributed by atoms with Crippen molar-refractivity contribution >= 4 is 11.8 Å². The van der Waals surface area contributed by atoms with Crippen LogP contribution in [0.25, 0.3) is 0 Å². The van der Waals surface area contributed by atoms with Crippen LogP contribution in [-0.2, 0) is 0 Å². The van der Waals surface area contributed by atoms with Gasteiger partial charge in [-0.15, -0.1) is 11.8 Å². The Balaban J connectivity index is 1.43. The Bertz CT molecular complexity index is 448. The number of thioether (sulfide) groups is 1. The van der Waals surface area contributed by atoms with E-state index in [2.05, 4.69) is 10.2 Å². The van der Waals surface area contributed by atoms with Gasteiger partial charge in [0, 0.05) is 29.8 Å². The van der Waals surface area contributed by atoms with Crippen molar-refractivity contribution < 1.29 is 4.39 Å². The molecule has 2 aliphatic rings. The molecule has 2 aliphatic heterocycles. The van der Waals surface area contributed by atoms with Crippen LogP contribution in [0.4, 0.5) is 4.39 Å². The quantitative estimate of drug-likeness (QED) is 0.840. The zero-order chi connectivity index (χ0) is 14.5. The molecule has 21 heavy (non-hydrogen) atoms. The number of benzene rings is 1. The molecule has 2 saturated heterocycles. The third kappa shape index (κ3) is 4.21. The lowest BCUT2D eigenvalue weighted by Gasteiger charge is -2.35. The second-order valence-electron chi connectivity index (χ2n) is 6.18. The van der Waals surface area contributed by atoms with Crippen molar-refractivity contribution in [1.29, 1.82) is 0 Å². The Morgan fingerprint density at radius 2 is 2.14 bits per heavy atom. The van der Waals surface area contributed by atoms with Crippen LogP contribution in [0.15, 0.2) is 29.2 Å². The predicted molar refractivity (Wildman–Crippen MR) is 87.3 cm³/mol. The summed E-state index contributed by atoms with van der Waals surface area (Å²) in [5.41, 5.74) is 0. The highest BCUT2D eigenvalue weighted by atomic mass is 32.2. The van der Waals surface area contributed by atoms with Gasteiger partial charge in [0.05, 0.1) is 0 Å². The average Bonchev–Trinajstić information content (AvgIpc) is 3.04. The van der Waals surface area contributed by atoms with E-state index in [0.717, 1.165) is 29.2 Å². The van der Waals surface area contributed by atoms with E-state index in [1.165, 1.54) is 45.3 Å². The molecule has 2 fully saturated rings. The first-order valence-electron chi connectivity index (χ1n) is 8.16. The first-order chi connectivity index (χ1) is 10.3. The fourth-order valence-corrected chi connectivity index (χ4v) is 4.53. The molecule has 1 N–H and O–H groups in total. The second-order valence-corrected chi connectivity index (χ2v) is 7.32. The number of nitrogens with zero attached hydrogens (tertiary/aromatic N) is 1.